The summed E-state index contributed by atoms with van der Waals surface area (Å²) in [6.07, 6.45) is 3.52. The van der Waals surface area contributed by atoms with Gasteiger partial charge in [0.15, 0.2) is 0 Å². The van der Waals surface area contributed by atoms with Crippen molar-refractivity contribution in [2.45, 2.75) is 31.6 Å². The van der Waals surface area contributed by atoms with Crippen LogP contribution in [-0.4, -0.2) is 41.5 Å². The van der Waals surface area contributed by atoms with Gasteiger partial charge in [0.2, 0.25) is 10.0 Å². The Hall–Kier alpha value is -2.68. The van der Waals surface area contributed by atoms with E-state index in [4.69, 9.17) is 11.6 Å². The second-order valence-electron chi connectivity index (χ2n) is 8.14. The van der Waals surface area contributed by atoms with Gasteiger partial charge < -0.3 is 5.32 Å². The van der Waals surface area contributed by atoms with Gasteiger partial charge in [-0.25, -0.2) is 13.1 Å². The van der Waals surface area contributed by atoms with Gasteiger partial charge in [-0.2, -0.15) is 9.40 Å². The van der Waals surface area contributed by atoms with Crippen LogP contribution in [0, 0.1) is 12.8 Å². The van der Waals surface area contributed by atoms with Crippen LogP contribution < -0.4 is 5.32 Å². The fraction of sp³-hybridized carbons (Fsp3) is 0.304. The molecule has 1 amide bonds. The van der Waals surface area contributed by atoms with Crippen molar-refractivity contribution in [2.24, 2.45) is 5.92 Å². The number of benzene rings is 2. The Morgan fingerprint density at radius 3 is 2.72 bits per heavy atom. The Kier molecular flexibility index (Phi) is 6.37. The first-order chi connectivity index (χ1) is 15.3. The van der Waals surface area contributed by atoms with Gasteiger partial charge in [0.25, 0.3) is 5.91 Å². The lowest BCUT2D eigenvalue weighted by Crippen LogP contribution is -2.39. The highest BCUT2D eigenvalue weighted by Gasteiger charge is 2.31. The summed E-state index contributed by atoms with van der Waals surface area (Å²) < 4.78 is 29.6. The summed E-state index contributed by atoms with van der Waals surface area (Å²) in [4.78, 5) is 12.9. The van der Waals surface area contributed by atoms with Gasteiger partial charge in [0.05, 0.1) is 10.7 Å². The second-order valence-corrected chi connectivity index (χ2v) is 10.5. The van der Waals surface area contributed by atoms with Crippen LogP contribution >= 0.6 is 11.6 Å². The molecule has 32 heavy (non-hydrogen) atoms. The molecule has 168 valence electrons. The van der Waals surface area contributed by atoms with Crippen LogP contribution in [0.5, 0.6) is 0 Å². The molecule has 0 saturated carbocycles. The number of amides is 1. The minimum Gasteiger partial charge on any atom is -0.322 e. The molecular formula is C23H25ClN4O3S. The molecule has 2 aromatic carbocycles. The Bertz CT molecular complexity index is 1260. The highest BCUT2D eigenvalue weighted by molar-refractivity contribution is 7.89. The van der Waals surface area contributed by atoms with Crippen molar-refractivity contribution >= 4 is 33.2 Å². The van der Waals surface area contributed by atoms with Gasteiger partial charge in [-0.15, -0.1) is 0 Å². The highest BCUT2D eigenvalue weighted by Crippen LogP contribution is 2.29. The average molecular weight is 473 g/mol. The third-order valence-corrected chi connectivity index (χ3v) is 7.96. The van der Waals surface area contributed by atoms with E-state index in [1.807, 2.05) is 32.0 Å². The van der Waals surface area contributed by atoms with E-state index >= 15 is 0 Å². The predicted molar refractivity (Wildman–Crippen MR) is 125 cm³/mol. The summed E-state index contributed by atoms with van der Waals surface area (Å²) in [5.74, 6) is -0.131. The van der Waals surface area contributed by atoms with Gasteiger partial charge in [-0.3, -0.25) is 4.79 Å². The Balaban J connectivity index is 1.59. The first kappa shape index (κ1) is 22.5. The highest BCUT2D eigenvalue weighted by atomic mass is 35.5. The standard InChI is InChI=1S/C23H25ClN4O3S/c1-16-5-4-12-27(15-16)32(30,31)22-13-18(8-9-21(22)24)23(29)26-19-6-3-7-20(14-19)28-17(2)10-11-25-28/h3,6-11,13-14,16H,4-5,12,15H2,1-2H3,(H,26,29). The number of anilines is 1. The van der Waals surface area contributed by atoms with Crippen molar-refractivity contribution in [1.82, 2.24) is 14.1 Å². The van der Waals surface area contributed by atoms with Gasteiger partial charge >= 0.3 is 0 Å². The van der Waals surface area contributed by atoms with Crippen molar-refractivity contribution in [3.05, 3.63) is 71.0 Å². The lowest BCUT2D eigenvalue weighted by atomic mass is 10.0. The number of nitrogens with zero attached hydrogens (tertiary/aromatic N) is 3. The molecule has 0 aliphatic carbocycles. The number of rotatable bonds is 5. The smallest absolute Gasteiger partial charge is 0.255 e. The topological polar surface area (TPSA) is 84.3 Å². The molecule has 0 bridgehead atoms. The zero-order chi connectivity index (χ0) is 22.9. The van der Waals surface area contributed by atoms with E-state index in [0.717, 1.165) is 24.2 Å². The third-order valence-electron chi connectivity index (χ3n) is 5.61. The molecule has 1 aliphatic heterocycles. The van der Waals surface area contributed by atoms with E-state index < -0.39 is 15.9 Å². The first-order valence-corrected chi connectivity index (χ1v) is 12.3. The van der Waals surface area contributed by atoms with E-state index in [0.29, 0.717) is 18.8 Å². The minimum absolute atomic E-state index is 0.0400. The average Bonchev–Trinajstić information content (AvgIpc) is 3.20. The number of piperidine rings is 1. The van der Waals surface area contributed by atoms with Gasteiger partial charge in [-0.05, 0) is 68.1 Å². The fourth-order valence-electron chi connectivity index (χ4n) is 3.90. The number of hydrogen-bond acceptors (Lipinski definition) is 4. The van der Waals surface area contributed by atoms with Gasteiger partial charge in [0, 0.05) is 36.2 Å². The van der Waals surface area contributed by atoms with Crippen LogP contribution in [0.2, 0.25) is 5.02 Å². The number of aryl methyl sites for hydroxylation is 1. The van der Waals surface area contributed by atoms with E-state index in [1.54, 1.807) is 23.0 Å². The molecule has 4 rings (SSSR count). The summed E-state index contributed by atoms with van der Waals surface area (Å²) in [5.41, 5.74) is 2.57. The zero-order valence-electron chi connectivity index (χ0n) is 18.0. The summed E-state index contributed by atoms with van der Waals surface area (Å²) >= 11 is 6.25. The lowest BCUT2D eigenvalue weighted by molar-refractivity contribution is 0.102. The monoisotopic (exact) mass is 472 g/mol. The zero-order valence-corrected chi connectivity index (χ0v) is 19.5. The molecule has 2 heterocycles. The Morgan fingerprint density at radius 2 is 2.00 bits per heavy atom. The van der Waals surface area contributed by atoms with E-state index in [2.05, 4.69) is 10.4 Å². The summed E-state index contributed by atoms with van der Waals surface area (Å²) in [6, 6.07) is 13.5. The number of hydrogen-bond donors (Lipinski definition) is 1. The number of carbonyl (C=O) groups is 1. The van der Waals surface area contributed by atoms with Crippen LogP contribution in [0.4, 0.5) is 5.69 Å². The number of sulfonamides is 1. The number of aromatic nitrogens is 2. The van der Waals surface area contributed by atoms with E-state index in [1.165, 1.54) is 22.5 Å². The van der Waals surface area contributed by atoms with Gasteiger partial charge in [0.1, 0.15) is 4.90 Å². The first-order valence-electron chi connectivity index (χ1n) is 10.5. The van der Waals surface area contributed by atoms with E-state index in [-0.39, 0.29) is 21.4 Å². The quantitative estimate of drug-likeness (QED) is 0.592. The Morgan fingerprint density at radius 1 is 1.19 bits per heavy atom. The maximum absolute atomic E-state index is 13.2. The van der Waals surface area contributed by atoms with Crippen LogP contribution in [0.25, 0.3) is 5.69 Å². The molecule has 1 aliphatic rings. The maximum Gasteiger partial charge on any atom is 0.255 e. The SMILES string of the molecule is Cc1ccnn1-c1cccc(NC(=O)c2ccc(Cl)c(S(=O)(=O)N3CCCC(C)C3)c2)c1. The van der Waals surface area contributed by atoms with Crippen LogP contribution in [-0.2, 0) is 10.0 Å². The number of halogens is 1. The van der Waals surface area contributed by atoms with Crippen LogP contribution in [0.3, 0.4) is 0 Å². The molecular weight excluding hydrogens is 448 g/mol. The molecule has 7 nitrogen and oxygen atoms in total. The fourth-order valence-corrected chi connectivity index (χ4v) is 6.00. The normalized spacial score (nSPS) is 17.3. The summed E-state index contributed by atoms with van der Waals surface area (Å²) in [5, 5.41) is 7.22. The summed E-state index contributed by atoms with van der Waals surface area (Å²) in [6.45, 7) is 4.89. The third kappa shape index (κ3) is 4.57. The molecule has 1 fully saturated rings. The van der Waals surface area contributed by atoms with Crippen molar-refractivity contribution in [1.29, 1.82) is 0 Å². The second kappa shape index (κ2) is 9.05. The predicted octanol–water partition coefficient (Wildman–Crippen LogP) is 4.51. The molecule has 1 N–H and O–H groups in total. The largest absolute Gasteiger partial charge is 0.322 e. The molecule has 1 atom stereocenters. The molecule has 1 saturated heterocycles. The Labute approximate surface area is 193 Å². The van der Waals surface area contributed by atoms with Crippen molar-refractivity contribution in [3.8, 4) is 5.69 Å². The minimum atomic E-state index is -3.79. The maximum atomic E-state index is 13.2. The van der Waals surface area contributed by atoms with E-state index in [9.17, 15) is 13.2 Å². The van der Waals surface area contributed by atoms with Crippen molar-refractivity contribution in [2.75, 3.05) is 18.4 Å². The molecule has 1 unspecified atom stereocenters. The van der Waals surface area contributed by atoms with Crippen LogP contribution in [0.1, 0.15) is 35.8 Å². The molecule has 0 radical (unpaired) electrons. The number of carbonyl (C=O) groups excluding carboxylic acids is 1. The molecule has 3 aromatic rings. The lowest BCUT2D eigenvalue weighted by Gasteiger charge is -2.30. The molecule has 9 heteroatoms. The van der Waals surface area contributed by atoms with Crippen LogP contribution in [0.15, 0.2) is 59.6 Å². The van der Waals surface area contributed by atoms with Crippen molar-refractivity contribution in [3.63, 3.8) is 0 Å². The molecule has 1 aromatic heterocycles. The summed E-state index contributed by atoms with van der Waals surface area (Å²) in [7, 11) is -3.79. The van der Waals surface area contributed by atoms with Crippen molar-refractivity contribution < 1.29 is 13.2 Å². The van der Waals surface area contributed by atoms with Gasteiger partial charge in [-0.1, -0.05) is 24.6 Å². The molecule has 0 spiro atoms. The number of nitrogens with one attached hydrogen (secondary N) is 1.